The van der Waals surface area contributed by atoms with Gasteiger partial charge in [0.2, 0.25) is 5.91 Å². The molecule has 0 spiro atoms. The van der Waals surface area contributed by atoms with E-state index in [2.05, 4.69) is 19.2 Å². The summed E-state index contributed by atoms with van der Waals surface area (Å²) in [6, 6.07) is 12.9. The van der Waals surface area contributed by atoms with Gasteiger partial charge in [-0.05, 0) is 41.3 Å². The molecule has 0 unspecified atom stereocenters. The monoisotopic (exact) mass is 363 g/mol. The van der Waals surface area contributed by atoms with Gasteiger partial charge in [-0.25, -0.2) is 0 Å². The number of anilines is 1. The number of carbonyl (C=O) groups is 1. The third kappa shape index (κ3) is 3.11. The Morgan fingerprint density at radius 1 is 1.08 bits per heavy atom. The van der Waals surface area contributed by atoms with E-state index < -0.39 is 0 Å². The van der Waals surface area contributed by atoms with Crippen LogP contribution in [-0.4, -0.2) is 13.0 Å². The summed E-state index contributed by atoms with van der Waals surface area (Å²) in [5.74, 6) is 0.622. The summed E-state index contributed by atoms with van der Waals surface area (Å²) < 4.78 is 5.29. The number of halogens is 2. The summed E-state index contributed by atoms with van der Waals surface area (Å²) in [7, 11) is 1.57. The number of ether oxygens (including phenoxy) is 1. The van der Waals surface area contributed by atoms with Crippen LogP contribution in [0.5, 0.6) is 5.75 Å². The SMILES string of the molecule is COc1ccc(Cl)cc1NC(=O)[C@@H]1[C@@H](c2ccc(Cl)cc2)C1(C)C. The van der Waals surface area contributed by atoms with Crippen molar-refractivity contribution in [2.75, 3.05) is 12.4 Å². The fourth-order valence-corrected chi connectivity index (χ4v) is 3.71. The molecule has 1 aliphatic carbocycles. The molecule has 2 atom stereocenters. The molecule has 0 radical (unpaired) electrons. The van der Waals surface area contributed by atoms with Crippen LogP contribution in [0.3, 0.4) is 0 Å². The number of nitrogens with one attached hydrogen (secondary N) is 1. The van der Waals surface area contributed by atoms with E-state index in [-0.39, 0.29) is 23.2 Å². The average molecular weight is 364 g/mol. The van der Waals surface area contributed by atoms with Crippen LogP contribution < -0.4 is 10.1 Å². The van der Waals surface area contributed by atoms with Crippen LogP contribution in [0, 0.1) is 11.3 Å². The molecule has 126 valence electrons. The lowest BCUT2D eigenvalue weighted by Crippen LogP contribution is -2.17. The zero-order valence-electron chi connectivity index (χ0n) is 13.8. The third-order valence-corrected chi connectivity index (χ3v) is 5.25. The first-order valence-electron chi connectivity index (χ1n) is 7.74. The Kier molecular flexibility index (Phi) is 4.50. The fraction of sp³-hybridized carbons (Fsp3) is 0.316. The topological polar surface area (TPSA) is 38.3 Å². The number of benzene rings is 2. The highest BCUT2D eigenvalue weighted by Crippen LogP contribution is 2.64. The number of hydrogen-bond acceptors (Lipinski definition) is 2. The average Bonchev–Trinajstić information content (AvgIpc) is 3.11. The number of hydrogen-bond donors (Lipinski definition) is 1. The smallest absolute Gasteiger partial charge is 0.228 e. The van der Waals surface area contributed by atoms with Gasteiger partial charge in [0.05, 0.1) is 18.7 Å². The van der Waals surface area contributed by atoms with Crippen molar-refractivity contribution in [3.05, 3.63) is 58.1 Å². The molecule has 0 saturated heterocycles. The Morgan fingerprint density at radius 2 is 1.71 bits per heavy atom. The van der Waals surface area contributed by atoms with Gasteiger partial charge in [0.15, 0.2) is 0 Å². The minimum atomic E-state index is -0.109. The van der Waals surface area contributed by atoms with E-state index in [1.54, 1.807) is 25.3 Å². The summed E-state index contributed by atoms with van der Waals surface area (Å²) in [4.78, 5) is 12.8. The molecular weight excluding hydrogens is 345 g/mol. The van der Waals surface area contributed by atoms with Gasteiger partial charge in [0.1, 0.15) is 5.75 Å². The maximum atomic E-state index is 12.8. The standard InChI is InChI=1S/C19H19Cl2NO2/c1-19(2)16(11-4-6-12(20)7-5-11)17(19)18(23)22-14-10-13(21)8-9-15(14)24-3/h4-10,16-17H,1-3H3,(H,22,23)/t16-,17+/m1/s1. The maximum absolute atomic E-state index is 12.8. The molecule has 5 heteroatoms. The Morgan fingerprint density at radius 3 is 2.33 bits per heavy atom. The van der Waals surface area contributed by atoms with Crippen molar-refractivity contribution in [2.24, 2.45) is 11.3 Å². The number of methoxy groups -OCH3 is 1. The summed E-state index contributed by atoms with van der Waals surface area (Å²) >= 11 is 12.0. The molecule has 1 fully saturated rings. The summed E-state index contributed by atoms with van der Waals surface area (Å²) in [6.45, 7) is 4.21. The molecule has 3 rings (SSSR count). The van der Waals surface area contributed by atoms with Crippen LogP contribution in [-0.2, 0) is 4.79 Å². The van der Waals surface area contributed by atoms with Gasteiger partial charge in [-0.2, -0.15) is 0 Å². The second-order valence-corrected chi connectivity index (χ2v) is 7.53. The fourth-order valence-electron chi connectivity index (χ4n) is 3.41. The molecule has 1 saturated carbocycles. The number of amides is 1. The lowest BCUT2D eigenvalue weighted by atomic mass is 10.0. The lowest BCUT2D eigenvalue weighted by Gasteiger charge is -2.11. The van der Waals surface area contributed by atoms with Crippen molar-refractivity contribution in [1.82, 2.24) is 0 Å². The van der Waals surface area contributed by atoms with Crippen molar-refractivity contribution >= 4 is 34.8 Å². The van der Waals surface area contributed by atoms with Gasteiger partial charge in [-0.3, -0.25) is 4.79 Å². The molecule has 0 heterocycles. The van der Waals surface area contributed by atoms with Crippen molar-refractivity contribution < 1.29 is 9.53 Å². The molecule has 1 N–H and O–H groups in total. The van der Waals surface area contributed by atoms with Crippen LogP contribution in [0.1, 0.15) is 25.3 Å². The quantitative estimate of drug-likeness (QED) is 0.791. The van der Waals surface area contributed by atoms with Crippen LogP contribution in [0.15, 0.2) is 42.5 Å². The largest absolute Gasteiger partial charge is 0.495 e. The number of rotatable bonds is 4. The molecule has 0 aliphatic heterocycles. The van der Waals surface area contributed by atoms with Crippen molar-refractivity contribution in [3.8, 4) is 5.75 Å². The van der Waals surface area contributed by atoms with E-state index in [0.29, 0.717) is 21.5 Å². The van der Waals surface area contributed by atoms with Gasteiger partial charge >= 0.3 is 0 Å². The molecule has 1 amide bonds. The normalized spacial score (nSPS) is 21.2. The Hall–Kier alpha value is -1.71. The zero-order chi connectivity index (χ0) is 17.5. The Balaban J connectivity index is 1.81. The molecule has 3 nitrogen and oxygen atoms in total. The van der Waals surface area contributed by atoms with Crippen LogP contribution in [0.25, 0.3) is 0 Å². The minimum Gasteiger partial charge on any atom is -0.495 e. The second kappa shape index (κ2) is 6.30. The van der Waals surface area contributed by atoms with E-state index in [1.807, 2.05) is 24.3 Å². The Bertz CT molecular complexity index is 771. The highest BCUT2D eigenvalue weighted by atomic mass is 35.5. The molecule has 2 aromatic rings. The molecular formula is C19H19Cl2NO2. The zero-order valence-corrected chi connectivity index (χ0v) is 15.3. The van der Waals surface area contributed by atoms with E-state index in [4.69, 9.17) is 27.9 Å². The highest BCUT2D eigenvalue weighted by molar-refractivity contribution is 6.31. The van der Waals surface area contributed by atoms with Gasteiger partial charge in [-0.15, -0.1) is 0 Å². The molecule has 0 aromatic heterocycles. The molecule has 0 bridgehead atoms. The van der Waals surface area contributed by atoms with E-state index in [1.165, 1.54) is 0 Å². The van der Waals surface area contributed by atoms with Gasteiger partial charge in [0.25, 0.3) is 0 Å². The van der Waals surface area contributed by atoms with Crippen molar-refractivity contribution in [1.29, 1.82) is 0 Å². The lowest BCUT2D eigenvalue weighted by molar-refractivity contribution is -0.118. The first-order chi connectivity index (χ1) is 11.3. The predicted molar refractivity (Wildman–Crippen MR) is 98.1 cm³/mol. The predicted octanol–water partition coefficient (Wildman–Crippen LogP) is 5.38. The minimum absolute atomic E-state index is 0.0273. The maximum Gasteiger partial charge on any atom is 0.228 e. The van der Waals surface area contributed by atoms with Gasteiger partial charge in [0, 0.05) is 16.0 Å². The Labute approximate surface area is 151 Å². The van der Waals surface area contributed by atoms with E-state index in [9.17, 15) is 4.79 Å². The summed E-state index contributed by atoms with van der Waals surface area (Å²) in [6.07, 6.45) is 0. The molecule has 1 aliphatic rings. The first-order valence-corrected chi connectivity index (χ1v) is 8.50. The van der Waals surface area contributed by atoms with Crippen LogP contribution >= 0.6 is 23.2 Å². The highest BCUT2D eigenvalue weighted by Gasteiger charge is 2.62. The summed E-state index contributed by atoms with van der Waals surface area (Å²) in [5.41, 5.74) is 1.61. The van der Waals surface area contributed by atoms with E-state index >= 15 is 0 Å². The van der Waals surface area contributed by atoms with Gasteiger partial charge < -0.3 is 10.1 Å². The van der Waals surface area contributed by atoms with Crippen LogP contribution in [0.4, 0.5) is 5.69 Å². The molecule has 24 heavy (non-hydrogen) atoms. The van der Waals surface area contributed by atoms with E-state index in [0.717, 1.165) is 5.56 Å². The second-order valence-electron chi connectivity index (χ2n) is 6.66. The van der Waals surface area contributed by atoms with Crippen molar-refractivity contribution in [3.63, 3.8) is 0 Å². The summed E-state index contributed by atoms with van der Waals surface area (Å²) in [5, 5.41) is 4.20. The number of carbonyl (C=O) groups excluding carboxylic acids is 1. The third-order valence-electron chi connectivity index (χ3n) is 4.76. The first kappa shape index (κ1) is 17.1. The van der Waals surface area contributed by atoms with Crippen LogP contribution in [0.2, 0.25) is 10.0 Å². The molecule has 2 aromatic carbocycles. The van der Waals surface area contributed by atoms with Crippen molar-refractivity contribution in [2.45, 2.75) is 19.8 Å². The van der Waals surface area contributed by atoms with Gasteiger partial charge in [-0.1, -0.05) is 49.2 Å².